The zero-order valence-corrected chi connectivity index (χ0v) is 19.1. The van der Waals surface area contributed by atoms with Crippen LogP contribution in [0.3, 0.4) is 0 Å². The molecule has 0 spiro atoms. The number of hydrazone groups is 1. The summed E-state index contributed by atoms with van der Waals surface area (Å²) in [7, 11) is 0. The first-order valence-electron chi connectivity index (χ1n) is 10.4. The SMILES string of the molecule is Cc1ccc(-c2[nH]nc(SCC(=O)NN=Cc3cccc([O-])c3)[n+]2-c2ccc(C)cc2)cc1. The van der Waals surface area contributed by atoms with E-state index in [1.807, 2.05) is 54.8 Å². The van der Waals surface area contributed by atoms with Crippen LogP contribution in [0.4, 0.5) is 0 Å². The van der Waals surface area contributed by atoms with E-state index in [-0.39, 0.29) is 17.4 Å². The van der Waals surface area contributed by atoms with Gasteiger partial charge in [-0.15, -0.1) is 10.8 Å². The highest BCUT2D eigenvalue weighted by Crippen LogP contribution is 2.21. The molecule has 0 aliphatic rings. The van der Waals surface area contributed by atoms with E-state index >= 15 is 0 Å². The molecule has 1 heterocycles. The molecule has 0 bridgehead atoms. The minimum absolute atomic E-state index is 0.107. The highest BCUT2D eigenvalue weighted by Gasteiger charge is 2.24. The molecule has 33 heavy (non-hydrogen) atoms. The largest absolute Gasteiger partial charge is 0.872 e. The van der Waals surface area contributed by atoms with Crippen LogP contribution in [-0.4, -0.2) is 28.1 Å². The van der Waals surface area contributed by atoms with Gasteiger partial charge in [0.2, 0.25) is 0 Å². The Morgan fingerprint density at radius 1 is 1.09 bits per heavy atom. The molecular weight excluding hydrogens is 434 g/mol. The number of carbonyl (C=O) groups is 1. The van der Waals surface area contributed by atoms with Crippen LogP contribution in [0.1, 0.15) is 16.7 Å². The number of hydrogen-bond donors (Lipinski definition) is 2. The molecule has 4 rings (SSSR count). The molecule has 0 atom stereocenters. The van der Waals surface area contributed by atoms with Gasteiger partial charge in [0.05, 0.1) is 22.6 Å². The summed E-state index contributed by atoms with van der Waals surface area (Å²) in [5.74, 6) is 0.578. The summed E-state index contributed by atoms with van der Waals surface area (Å²) in [5.41, 5.74) is 7.40. The van der Waals surface area contributed by atoms with E-state index in [1.54, 1.807) is 12.1 Å². The van der Waals surface area contributed by atoms with Crippen molar-refractivity contribution < 1.29 is 14.5 Å². The normalized spacial score (nSPS) is 11.1. The smallest absolute Gasteiger partial charge is 0.342 e. The van der Waals surface area contributed by atoms with Crippen molar-refractivity contribution in [3.05, 3.63) is 89.5 Å². The van der Waals surface area contributed by atoms with Crippen molar-refractivity contribution in [3.8, 4) is 22.8 Å². The molecule has 8 heteroatoms. The molecule has 0 radical (unpaired) electrons. The van der Waals surface area contributed by atoms with Crippen LogP contribution >= 0.6 is 11.8 Å². The van der Waals surface area contributed by atoms with Crippen molar-refractivity contribution >= 4 is 23.9 Å². The monoisotopic (exact) mass is 457 g/mol. The van der Waals surface area contributed by atoms with Crippen LogP contribution in [0.2, 0.25) is 0 Å². The minimum atomic E-state index is -0.273. The van der Waals surface area contributed by atoms with E-state index in [0.717, 1.165) is 22.6 Å². The Hall–Kier alpha value is -3.91. The number of nitrogens with one attached hydrogen (secondary N) is 2. The molecule has 2 N–H and O–H groups in total. The number of aromatic amines is 1. The Labute approximate surface area is 196 Å². The highest BCUT2D eigenvalue weighted by atomic mass is 32.2. The first-order valence-corrected chi connectivity index (χ1v) is 11.3. The molecule has 0 aliphatic heterocycles. The molecule has 166 valence electrons. The van der Waals surface area contributed by atoms with Gasteiger partial charge in [-0.25, -0.2) is 5.43 Å². The summed E-state index contributed by atoms with van der Waals surface area (Å²) in [6.45, 7) is 4.09. The van der Waals surface area contributed by atoms with Crippen molar-refractivity contribution in [1.82, 2.24) is 15.6 Å². The summed E-state index contributed by atoms with van der Waals surface area (Å²) in [5, 5.41) is 23.6. The minimum Gasteiger partial charge on any atom is -0.872 e. The molecule has 1 aromatic heterocycles. The van der Waals surface area contributed by atoms with Gasteiger partial charge in [0, 0.05) is 0 Å². The second-order valence-corrected chi connectivity index (χ2v) is 8.49. The van der Waals surface area contributed by atoms with Crippen molar-refractivity contribution in [2.45, 2.75) is 19.0 Å². The van der Waals surface area contributed by atoms with Gasteiger partial charge in [-0.05, 0) is 55.4 Å². The zero-order valence-electron chi connectivity index (χ0n) is 18.3. The highest BCUT2D eigenvalue weighted by molar-refractivity contribution is 7.99. The third-order valence-corrected chi connectivity index (χ3v) is 5.82. The standard InChI is InChI=1S/C25H23N5O2S/c1-17-6-10-20(11-7-17)24-28-29-25(30(24)21-12-8-18(2)9-13-21)33-16-23(32)27-26-15-19-4-3-5-22(31)14-19/h3-15H,16H2,1-2H3,(H2,27,31,32). The number of thioether (sulfide) groups is 1. The van der Waals surface area contributed by atoms with Crippen LogP contribution in [0.5, 0.6) is 5.75 Å². The number of nitrogens with zero attached hydrogens (tertiary/aromatic N) is 3. The number of hydrogen-bond acceptors (Lipinski definition) is 5. The predicted octanol–water partition coefficient (Wildman–Crippen LogP) is 3.29. The number of aromatic nitrogens is 3. The third-order valence-electron chi connectivity index (χ3n) is 4.88. The Kier molecular flexibility index (Phi) is 6.85. The molecule has 0 saturated heterocycles. The lowest BCUT2D eigenvalue weighted by Gasteiger charge is -2.05. The van der Waals surface area contributed by atoms with Crippen molar-refractivity contribution in [1.29, 1.82) is 0 Å². The lowest BCUT2D eigenvalue weighted by atomic mass is 10.1. The summed E-state index contributed by atoms with van der Waals surface area (Å²) in [6.07, 6.45) is 1.44. The first kappa shape index (κ1) is 22.3. The Bertz CT molecular complexity index is 1280. The van der Waals surface area contributed by atoms with Crippen LogP contribution in [0, 0.1) is 13.8 Å². The number of carbonyl (C=O) groups excluding carboxylic acids is 1. The lowest BCUT2D eigenvalue weighted by Crippen LogP contribution is -2.34. The second-order valence-electron chi connectivity index (χ2n) is 7.55. The molecule has 0 aliphatic carbocycles. The number of benzene rings is 3. The molecule has 1 amide bonds. The van der Waals surface area contributed by atoms with E-state index < -0.39 is 0 Å². The maximum Gasteiger partial charge on any atom is 0.342 e. The van der Waals surface area contributed by atoms with Crippen LogP contribution in [0.15, 0.2) is 83.1 Å². The van der Waals surface area contributed by atoms with Gasteiger partial charge in [0.25, 0.3) is 11.7 Å². The second kappa shape index (κ2) is 10.1. The molecule has 7 nitrogen and oxygen atoms in total. The zero-order chi connectivity index (χ0) is 23.2. The molecule has 4 aromatic rings. The topological polar surface area (TPSA) is 97.1 Å². The van der Waals surface area contributed by atoms with Crippen molar-refractivity contribution in [3.63, 3.8) is 0 Å². The fourth-order valence-corrected chi connectivity index (χ4v) is 3.93. The van der Waals surface area contributed by atoms with Crippen LogP contribution in [-0.2, 0) is 4.79 Å². The predicted molar refractivity (Wildman–Crippen MR) is 127 cm³/mol. The van der Waals surface area contributed by atoms with Gasteiger partial charge in [-0.1, -0.05) is 59.7 Å². The average molecular weight is 458 g/mol. The summed E-state index contributed by atoms with van der Waals surface area (Å²) < 4.78 is 2.01. The van der Waals surface area contributed by atoms with Gasteiger partial charge in [0.15, 0.2) is 0 Å². The molecule has 0 fully saturated rings. The third kappa shape index (κ3) is 5.67. The Morgan fingerprint density at radius 3 is 2.48 bits per heavy atom. The summed E-state index contributed by atoms with van der Waals surface area (Å²) in [6, 6.07) is 22.6. The Balaban J connectivity index is 1.51. The lowest BCUT2D eigenvalue weighted by molar-refractivity contribution is -0.625. The van der Waals surface area contributed by atoms with E-state index in [0.29, 0.717) is 10.7 Å². The maximum atomic E-state index is 12.3. The fraction of sp³-hybridized carbons (Fsp3) is 0.120. The van der Waals surface area contributed by atoms with E-state index in [4.69, 9.17) is 0 Å². The summed E-state index contributed by atoms with van der Waals surface area (Å²) in [4.78, 5) is 12.3. The molecule has 0 saturated carbocycles. The number of rotatable bonds is 7. The van der Waals surface area contributed by atoms with Gasteiger partial charge in [0.1, 0.15) is 5.69 Å². The van der Waals surface area contributed by atoms with Crippen LogP contribution in [0.25, 0.3) is 17.1 Å². The molecular formula is C25H23N5O2S. The van der Waals surface area contributed by atoms with Crippen molar-refractivity contribution in [2.24, 2.45) is 5.10 Å². The quantitative estimate of drug-likeness (QED) is 0.193. The van der Waals surface area contributed by atoms with Gasteiger partial charge in [-0.3, -0.25) is 4.79 Å². The summed E-state index contributed by atoms with van der Waals surface area (Å²) >= 11 is 1.31. The van der Waals surface area contributed by atoms with E-state index in [1.165, 1.54) is 35.7 Å². The average Bonchev–Trinajstić information content (AvgIpc) is 3.23. The van der Waals surface area contributed by atoms with Gasteiger partial charge >= 0.3 is 5.16 Å². The molecule has 3 aromatic carbocycles. The molecule has 0 unspecified atom stereocenters. The van der Waals surface area contributed by atoms with Crippen molar-refractivity contribution in [2.75, 3.05) is 5.75 Å². The van der Waals surface area contributed by atoms with E-state index in [9.17, 15) is 9.90 Å². The Morgan fingerprint density at radius 2 is 1.79 bits per heavy atom. The number of amides is 1. The van der Waals surface area contributed by atoms with Gasteiger partial charge < -0.3 is 5.11 Å². The fourth-order valence-electron chi connectivity index (χ4n) is 3.17. The first-order chi connectivity index (χ1) is 16.0. The van der Waals surface area contributed by atoms with Gasteiger partial charge in [-0.2, -0.15) is 9.67 Å². The number of H-pyrrole nitrogens is 1. The maximum absolute atomic E-state index is 12.3. The number of aryl methyl sites for hydroxylation is 2. The van der Waals surface area contributed by atoms with E-state index in [2.05, 4.69) is 32.9 Å². The van der Waals surface area contributed by atoms with Crippen LogP contribution < -0.4 is 15.1 Å².